The highest BCUT2D eigenvalue weighted by Crippen LogP contribution is 2.25. The molecule has 0 bridgehead atoms. The van der Waals surface area contributed by atoms with Crippen LogP contribution in [0.15, 0.2) is 43.0 Å². The highest BCUT2D eigenvalue weighted by Gasteiger charge is 2.26. The van der Waals surface area contributed by atoms with Crippen LogP contribution < -0.4 is 0 Å². The van der Waals surface area contributed by atoms with E-state index in [2.05, 4.69) is 37.3 Å². The normalized spacial score (nSPS) is 18.2. The number of aromatic nitrogens is 3. The summed E-state index contributed by atoms with van der Waals surface area (Å²) in [7, 11) is 0. The van der Waals surface area contributed by atoms with Gasteiger partial charge in [0, 0.05) is 49.5 Å². The molecule has 5 heteroatoms. The van der Waals surface area contributed by atoms with Crippen molar-refractivity contribution in [1.29, 1.82) is 5.26 Å². The van der Waals surface area contributed by atoms with Crippen molar-refractivity contribution in [2.75, 3.05) is 6.54 Å². The maximum Gasteiger partial charge on any atom is 0.105 e. The van der Waals surface area contributed by atoms with Crippen LogP contribution in [0.3, 0.4) is 0 Å². The van der Waals surface area contributed by atoms with Crippen LogP contribution in [-0.4, -0.2) is 31.4 Å². The molecule has 1 aliphatic rings. The number of nitriles is 1. The highest BCUT2D eigenvalue weighted by atomic mass is 15.2. The van der Waals surface area contributed by atoms with Crippen LogP contribution in [0.25, 0.3) is 5.52 Å². The van der Waals surface area contributed by atoms with Gasteiger partial charge in [0.1, 0.15) is 11.9 Å². The minimum atomic E-state index is 0.507. The summed E-state index contributed by atoms with van der Waals surface area (Å²) in [4.78, 5) is 6.83. The van der Waals surface area contributed by atoms with Crippen molar-refractivity contribution in [2.45, 2.75) is 38.9 Å². The van der Waals surface area contributed by atoms with E-state index in [0.29, 0.717) is 6.04 Å². The zero-order chi connectivity index (χ0) is 16.5. The van der Waals surface area contributed by atoms with Crippen LogP contribution in [0.2, 0.25) is 0 Å². The third kappa shape index (κ3) is 2.59. The molecule has 24 heavy (non-hydrogen) atoms. The SMILES string of the molecule is Cc1nccn1CC1CCCN1Cc1cn2ccccc2c1C#N. The van der Waals surface area contributed by atoms with Crippen molar-refractivity contribution in [1.82, 2.24) is 18.9 Å². The van der Waals surface area contributed by atoms with Crippen molar-refractivity contribution >= 4 is 5.52 Å². The molecule has 0 amide bonds. The van der Waals surface area contributed by atoms with Gasteiger partial charge in [-0.25, -0.2) is 4.98 Å². The molecule has 4 heterocycles. The molecule has 0 N–H and O–H groups in total. The predicted molar refractivity (Wildman–Crippen MR) is 92.5 cm³/mol. The van der Waals surface area contributed by atoms with E-state index in [9.17, 15) is 5.26 Å². The van der Waals surface area contributed by atoms with Gasteiger partial charge in [-0.05, 0) is 38.4 Å². The predicted octanol–water partition coefficient (Wildman–Crippen LogP) is 2.98. The number of aryl methyl sites for hydroxylation is 1. The van der Waals surface area contributed by atoms with Crippen LogP contribution in [0.5, 0.6) is 0 Å². The molecule has 4 rings (SSSR count). The fraction of sp³-hybridized carbons (Fsp3) is 0.368. The van der Waals surface area contributed by atoms with Gasteiger partial charge in [0.2, 0.25) is 0 Å². The lowest BCUT2D eigenvalue weighted by molar-refractivity contribution is 0.223. The first-order valence-corrected chi connectivity index (χ1v) is 8.46. The maximum absolute atomic E-state index is 9.59. The van der Waals surface area contributed by atoms with Crippen molar-refractivity contribution in [3.8, 4) is 6.07 Å². The summed E-state index contributed by atoms with van der Waals surface area (Å²) < 4.78 is 4.28. The number of nitrogens with zero attached hydrogens (tertiary/aromatic N) is 5. The van der Waals surface area contributed by atoms with Crippen molar-refractivity contribution in [2.24, 2.45) is 0 Å². The number of fused-ring (bicyclic) bond motifs is 1. The van der Waals surface area contributed by atoms with Crippen molar-refractivity contribution in [3.05, 3.63) is 59.9 Å². The van der Waals surface area contributed by atoms with E-state index in [1.54, 1.807) is 0 Å². The molecule has 1 atom stereocenters. The summed E-state index contributed by atoms with van der Waals surface area (Å²) in [6, 6.07) is 8.90. The van der Waals surface area contributed by atoms with Gasteiger partial charge in [0.15, 0.2) is 0 Å². The van der Waals surface area contributed by atoms with Gasteiger partial charge in [0.25, 0.3) is 0 Å². The van der Waals surface area contributed by atoms with E-state index >= 15 is 0 Å². The third-order valence-electron chi connectivity index (χ3n) is 5.08. The van der Waals surface area contributed by atoms with Crippen LogP contribution >= 0.6 is 0 Å². The average molecular weight is 319 g/mol. The molecule has 0 aromatic carbocycles. The minimum Gasteiger partial charge on any atom is -0.334 e. The molecule has 1 saturated heterocycles. The number of rotatable bonds is 4. The van der Waals surface area contributed by atoms with Gasteiger partial charge in [-0.3, -0.25) is 4.90 Å². The Bertz CT molecular complexity index is 898. The Morgan fingerprint density at radius 1 is 1.33 bits per heavy atom. The Hall–Kier alpha value is -2.58. The van der Waals surface area contributed by atoms with Gasteiger partial charge >= 0.3 is 0 Å². The second kappa shape index (κ2) is 6.14. The Morgan fingerprint density at radius 3 is 3.04 bits per heavy atom. The van der Waals surface area contributed by atoms with E-state index < -0.39 is 0 Å². The summed E-state index contributed by atoms with van der Waals surface area (Å²) in [5, 5.41) is 9.59. The second-order valence-corrected chi connectivity index (χ2v) is 6.53. The molecule has 0 spiro atoms. The molecule has 3 aromatic heterocycles. The standard InChI is InChI=1S/C19H21N5/c1-15-21-7-10-22(15)14-17-5-4-9-23(17)12-16-13-24-8-3-2-6-19(24)18(16)11-20/h2-3,6-8,10,13,17H,4-5,9,12,14H2,1H3. The first-order chi connectivity index (χ1) is 11.8. The summed E-state index contributed by atoms with van der Waals surface area (Å²) >= 11 is 0. The first-order valence-electron chi connectivity index (χ1n) is 8.46. The molecule has 0 aliphatic carbocycles. The van der Waals surface area contributed by atoms with Gasteiger partial charge < -0.3 is 8.97 Å². The number of likely N-dealkylation sites (tertiary alicyclic amines) is 1. The van der Waals surface area contributed by atoms with Gasteiger partial charge in [0.05, 0.1) is 11.1 Å². The van der Waals surface area contributed by atoms with Crippen LogP contribution in [-0.2, 0) is 13.1 Å². The Morgan fingerprint density at radius 2 is 2.25 bits per heavy atom. The zero-order valence-electron chi connectivity index (χ0n) is 13.9. The average Bonchev–Trinajstić information content (AvgIpc) is 3.28. The Kier molecular flexibility index (Phi) is 3.83. The number of imidazole rings is 1. The van der Waals surface area contributed by atoms with E-state index in [4.69, 9.17) is 0 Å². The first kappa shape index (κ1) is 15.0. The van der Waals surface area contributed by atoms with Crippen LogP contribution in [0.4, 0.5) is 0 Å². The Balaban J connectivity index is 1.58. The molecule has 1 aliphatic heterocycles. The molecule has 0 radical (unpaired) electrons. The van der Waals surface area contributed by atoms with E-state index in [1.165, 1.54) is 12.8 Å². The topological polar surface area (TPSA) is 49.3 Å². The van der Waals surface area contributed by atoms with Gasteiger partial charge in [-0.15, -0.1) is 0 Å². The number of hydrogen-bond donors (Lipinski definition) is 0. The molecular formula is C19H21N5. The molecular weight excluding hydrogens is 298 g/mol. The molecule has 5 nitrogen and oxygen atoms in total. The van der Waals surface area contributed by atoms with Gasteiger partial charge in [-0.2, -0.15) is 5.26 Å². The summed E-state index contributed by atoms with van der Waals surface area (Å²) in [6.07, 6.45) is 10.4. The largest absolute Gasteiger partial charge is 0.334 e. The van der Waals surface area contributed by atoms with Crippen molar-refractivity contribution < 1.29 is 0 Å². The van der Waals surface area contributed by atoms with Crippen LogP contribution in [0, 0.1) is 18.3 Å². The second-order valence-electron chi connectivity index (χ2n) is 6.53. The van der Waals surface area contributed by atoms with Crippen molar-refractivity contribution in [3.63, 3.8) is 0 Å². The molecule has 0 saturated carbocycles. The van der Waals surface area contributed by atoms with Crippen LogP contribution in [0.1, 0.15) is 29.8 Å². The van der Waals surface area contributed by atoms with E-state index in [-0.39, 0.29) is 0 Å². The lowest BCUT2D eigenvalue weighted by Crippen LogP contribution is -2.32. The van der Waals surface area contributed by atoms with E-state index in [0.717, 1.165) is 42.1 Å². The Labute approximate surface area is 141 Å². The summed E-state index contributed by atoms with van der Waals surface area (Å²) in [6.45, 7) is 4.95. The molecule has 3 aromatic rings. The number of hydrogen-bond acceptors (Lipinski definition) is 3. The lowest BCUT2D eigenvalue weighted by Gasteiger charge is -2.25. The summed E-state index contributed by atoms with van der Waals surface area (Å²) in [5.74, 6) is 1.06. The lowest BCUT2D eigenvalue weighted by atomic mass is 10.1. The fourth-order valence-corrected chi connectivity index (χ4v) is 3.78. The smallest absolute Gasteiger partial charge is 0.105 e. The maximum atomic E-state index is 9.59. The monoisotopic (exact) mass is 319 g/mol. The zero-order valence-corrected chi connectivity index (χ0v) is 13.9. The highest BCUT2D eigenvalue weighted by molar-refractivity contribution is 5.65. The summed E-state index contributed by atoms with van der Waals surface area (Å²) in [5.41, 5.74) is 2.93. The molecule has 1 unspecified atom stereocenters. The minimum absolute atomic E-state index is 0.507. The van der Waals surface area contributed by atoms with Gasteiger partial charge in [-0.1, -0.05) is 6.07 Å². The third-order valence-corrected chi connectivity index (χ3v) is 5.08. The molecule has 1 fully saturated rings. The molecule has 122 valence electrons. The quantitative estimate of drug-likeness (QED) is 0.743. The number of pyridine rings is 1. The van der Waals surface area contributed by atoms with E-state index in [1.807, 2.05) is 37.5 Å². The fourth-order valence-electron chi connectivity index (χ4n) is 3.78.